The lowest BCUT2D eigenvalue weighted by Crippen LogP contribution is -2.51. The Morgan fingerprint density at radius 2 is 2.11 bits per heavy atom. The molecule has 1 aromatic rings. The van der Waals surface area contributed by atoms with Gasteiger partial charge in [0.15, 0.2) is 0 Å². The van der Waals surface area contributed by atoms with Crippen LogP contribution in [0.15, 0.2) is 29.3 Å². The standard InChI is InChI=1S/C14H16N2O2/c1-16-8-11(9-16)18-13-5-3-2-4-12(13)14(6-7-14)15-10-17/h2-5,11H,6-9H2,1H3. The lowest BCUT2D eigenvalue weighted by molar-refractivity contribution is 0.0378. The number of likely N-dealkylation sites (tertiary alicyclic amines) is 1. The van der Waals surface area contributed by atoms with Crippen LogP contribution in [0.2, 0.25) is 0 Å². The van der Waals surface area contributed by atoms with Crippen LogP contribution in [0.5, 0.6) is 5.75 Å². The summed E-state index contributed by atoms with van der Waals surface area (Å²) in [5.74, 6) is 0.868. The second-order valence-electron chi connectivity index (χ2n) is 5.19. The van der Waals surface area contributed by atoms with E-state index < -0.39 is 0 Å². The highest BCUT2D eigenvalue weighted by atomic mass is 16.5. The van der Waals surface area contributed by atoms with Gasteiger partial charge in [-0.15, -0.1) is 0 Å². The molecule has 0 radical (unpaired) electrons. The smallest absolute Gasteiger partial charge is 0.235 e. The van der Waals surface area contributed by atoms with Crippen molar-refractivity contribution in [3.05, 3.63) is 29.8 Å². The minimum absolute atomic E-state index is 0.257. The highest BCUT2D eigenvalue weighted by molar-refractivity contribution is 5.47. The maximum absolute atomic E-state index is 10.5. The first-order chi connectivity index (χ1) is 8.73. The summed E-state index contributed by atoms with van der Waals surface area (Å²) in [5, 5.41) is 0. The molecule has 4 heteroatoms. The number of para-hydroxylation sites is 1. The lowest BCUT2D eigenvalue weighted by atomic mass is 10.0. The minimum atomic E-state index is -0.353. The molecule has 4 nitrogen and oxygen atoms in total. The average Bonchev–Trinajstić information content (AvgIpc) is 3.09. The molecule has 2 fully saturated rings. The molecule has 3 rings (SSSR count). The van der Waals surface area contributed by atoms with Crippen molar-refractivity contribution in [2.75, 3.05) is 20.1 Å². The molecule has 0 bridgehead atoms. The highest BCUT2D eigenvalue weighted by Crippen LogP contribution is 2.52. The van der Waals surface area contributed by atoms with E-state index in [9.17, 15) is 4.79 Å². The minimum Gasteiger partial charge on any atom is -0.487 e. The van der Waals surface area contributed by atoms with E-state index in [4.69, 9.17) is 4.74 Å². The normalized spacial score (nSPS) is 21.8. The lowest BCUT2D eigenvalue weighted by Gasteiger charge is -2.36. The number of rotatable bonds is 4. The molecule has 1 aromatic carbocycles. The number of ether oxygens (including phenoxy) is 1. The quantitative estimate of drug-likeness (QED) is 0.598. The van der Waals surface area contributed by atoms with Crippen LogP contribution in [0, 0.1) is 0 Å². The van der Waals surface area contributed by atoms with Gasteiger partial charge in [-0.05, 0) is 26.0 Å². The summed E-state index contributed by atoms with van der Waals surface area (Å²) in [6.07, 6.45) is 3.77. The first-order valence-electron chi connectivity index (χ1n) is 6.27. The van der Waals surface area contributed by atoms with Gasteiger partial charge in [-0.3, -0.25) is 4.90 Å². The van der Waals surface area contributed by atoms with Gasteiger partial charge in [-0.25, -0.2) is 4.79 Å². The van der Waals surface area contributed by atoms with Gasteiger partial charge in [-0.2, -0.15) is 4.99 Å². The van der Waals surface area contributed by atoms with Crippen molar-refractivity contribution in [3.63, 3.8) is 0 Å². The molecule has 0 aromatic heterocycles. The summed E-state index contributed by atoms with van der Waals surface area (Å²) in [6, 6.07) is 7.90. The van der Waals surface area contributed by atoms with Gasteiger partial charge in [0.25, 0.3) is 0 Å². The molecule has 1 aliphatic heterocycles. The van der Waals surface area contributed by atoms with Gasteiger partial charge < -0.3 is 4.74 Å². The summed E-state index contributed by atoms with van der Waals surface area (Å²) in [4.78, 5) is 16.7. The van der Waals surface area contributed by atoms with Gasteiger partial charge in [0, 0.05) is 18.7 Å². The summed E-state index contributed by atoms with van der Waals surface area (Å²) >= 11 is 0. The van der Waals surface area contributed by atoms with Crippen molar-refractivity contribution in [1.82, 2.24) is 4.90 Å². The number of hydrogen-bond donors (Lipinski definition) is 0. The van der Waals surface area contributed by atoms with E-state index in [-0.39, 0.29) is 11.6 Å². The molecule has 1 saturated heterocycles. The Balaban J connectivity index is 1.84. The second kappa shape index (κ2) is 4.23. The van der Waals surface area contributed by atoms with Crippen molar-refractivity contribution in [2.24, 2.45) is 4.99 Å². The summed E-state index contributed by atoms with van der Waals surface area (Å²) < 4.78 is 5.99. The van der Waals surface area contributed by atoms with E-state index in [2.05, 4.69) is 16.9 Å². The van der Waals surface area contributed by atoms with Crippen molar-refractivity contribution in [2.45, 2.75) is 24.5 Å². The Kier molecular flexibility index (Phi) is 2.69. The van der Waals surface area contributed by atoms with E-state index in [0.29, 0.717) is 0 Å². The molecule has 0 atom stereocenters. The average molecular weight is 244 g/mol. The predicted octanol–water partition coefficient (Wildman–Crippen LogP) is 1.70. The van der Waals surface area contributed by atoms with Crippen molar-refractivity contribution in [3.8, 4) is 5.75 Å². The highest BCUT2D eigenvalue weighted by Gasteiger charge is 2.47. The van der Waals surface area contributed by atoms with Crippen LogP contribution in [-0.2, 0) is 10.3 Å². The number of carbonyl (C=O) groups excluding carboxylic acids is 1. The van der Waals surface area contributed by atoms with Crippen LogP contribution in [0.25, 0.3) is 0 Å². The first-order valence-corrected chi connectivity index (χ1v) is 6.27. The maximum Gasteiger partial charge on any atom is 0.235 e. The number of aliphatic imine (C=N–C) groups is 1. The van der Waals surface area contributed by atoms with E-state index in [1.165, 1.54) is 0 Å². The molecular formula is C14H16N2O2. The van der Waals surface area contributed by atoms with Crippen LogP contribution >= 0.6 is 0 Å². The van der Waals surface area contributed by atoms with Crippen LogP contribution in [0.1, 0.15) is 18.4 Å². The topological polar surface area (TPSA) is 41.9 Å². The van der Waals surface area contributed by atoms with Crippen molar-refractivity contribution in [1.29, 1.82) is 0 Å². The Morgan fingerprint density at radius 1 is 1.39 bits per heavy atom. The van der Waals surface area contributed by atoms with Gasteiger partial charge in [0.2, 0.25) is 6.08 Å². The zero-order valence-electron chi connectivity index (χ0n) is 10.4. The molecule has 1 saturated carbocycles. The summed E-state index contributed by atoms with van der Waals surface area (Å²) in [6.45, 7) is 1.91. The number of isocyanates is 1. The largest absolute Gasteiger partial charge is 0.487 e. The van der Waals surface area contributed by atoms with Crippen LogP contribution in [-0.4, -0.2) is 37.2 Å². The molecule has 1 aliphatic carbocycles. The molecule has 0 unspecified atom stereocenters. The molecule has 0 N–H and O–H groups in total. The van der Waals surface area contributed by atoms with E-state index in [1.54, 1.807) is 6.08 Å². The molecule has 18 heavy (non-hydrogen) atoms. The molecule has 2 aliphatic rings. The van der Waals surface area contributed by atoms with Gasteiger partial charge in [-0.1, -0.05) is 18.2 Å². The zero-order valence-corrected chi connectivity index (χ0v) is 10.4. The maximum atomic E-state index is 10.5. The monoisotopic (exact) mass is 244 g/mol. The molecule has 1 heterocycles. The third kappa shape index (κ3) is 1.94. The number of nitrogens with zero attached hydrogens (tertiary/aromatic N) is 2. The van der Waals surface area contributed by atoms with E-state index >= 15 is 0 Å². The summed E-state index contributed by atoms with van der Waals surface area (Å²) in [5.41, 5.74) is 0.677. The van der Waals surface area contributed by atoms with Crippen LogP contribution in [0.3, 0.4) is 0 Å². The Hall–Kier alpha value is -1.64. The van der Waals surface area contributed by atoms with Crippen LogP contribution < -0.4 is 4.74 Å². The number of benzene rings is 1. The molecule has 0 spiro atoms. The fraction of sp³-hybridized carbons (Fsp3) is 0.500. The molecule has 0 amide bonds. The fourth-order valence-electron chi connectivity index (χ4n) is 2.50. The van der Waals surface area contributed by atoms with Gasteiger partial charge >= 0.3 is 0 Å². The third-order valence-corrected chi connectivity index (χ3v) is 3.70. The summed E-state index contributed by atoms with van der Waals surface area (Å²) in [7, 11) is 2.07. The predicted molar refractivity (Wildman–Crippen MR) is 67.4 cm³/mol. The van der Waals surface area contributed by atoms with Gasteiger partial charge in [0.1, 0.15) is 17.4 Å². The first kappa shape index (κ1) is 11.5. The molecular weight excluding hydrogens is 228 g/mol. The van der Waals surface area contributed by atoms with Gasteiger partial charge in [0.05, 0.1) is 0 Å². The van der Waals surface area contributed by atoms with Crippen molar-refractivity contribution < 1.29 is 9.53 Å². The van der Waals surface area contributed by atoms with Crippen LogP contribution in [0.4, 0.5) is 0 Å². The zero-order chi connectivity index (χ0) is 12.6. The SMILES string of the molecule is CN1CC(Oc2ccccc2C2(N=C=O)CC2)C1. The number of likely N-dealkylation sites (N-methyl/N-ethyl adjacent to an activating group) is 1. The second-order valence-corrected chi connectivity index (χ2v) is 5.19. The Morgan fingerprint density at radius 3 is 2.72 bits per heavy atom. The fourth-order valence-corrected chi connectivity index (χ4v) is 2.50. The van der Waals surface area contributed by atoms with E-state index in [0.717, 1.165) is 37.2 Å². The van der Waals surface area contributed by atoms with E-state index in [1.807, 2.05) is 24.3 Å². The Labute approximate surface area is 106 Å². The number of hydrogen-bond acceptors (Lipinski definition) is 4. The third-order valence-electron chi connectivity index (χ3n) is 3.70. The van der Waals surface area contributed by atoms with Crippen molar-refractivity contribution >= 4 is 6.08 Å². The molecule has 94 valence electrons. The Bertz CT molecular complexity index is 498.